The van der Waals surface area contributed by atoms with Gasteiger partial charge in [0, 0.05) is 5.56 Å². The van der Waals surface area contributed by atoms with Crippen LogP contribution in [0.3, 0.4) is 0 Å². The van der Waals surface area contributed by atoms with Gasteiger partial charge in [-0.2, -0.15) is 0 Å². The average Bonchev–Trinajstić information content (AvgIpc) is 2.44. The molecule has 0 atom stereocenters. The van der Waals surface area contributed by atoms with Crippen molar-refractivity contribution >= 4 is 34.9 Å². The molecule has 1 heterocycles. The number of hydrogen-bond donors (Lipinski definition) is 1. The first-order valence-corrected chi connectivity index (χ1v) is 4.42. The predicted octanol–water partition coefficient (Wildman–Crippen LogP) is 3.23. The monoisotopic (exact) mass is 199 g/mol. The van der Waals surface area contributed by atoms with Gasteiger partial charge >= 0.3 is 0 Å². The van der Waals surface area contributed by atoms with Crippen LogP contribution in [0.1, 0.15) is 5.56 Å². The van der Waals surface area contributed by atoms with Gasteiger partial charge in [-0.15, -0.1) is 11.6 Å². The molecule has 1 aromatic heterocycles. The van der Waals surface area contributed by atoms with Gasteiger partial charge in [0.25, 0.3) is 4.84 Å². The van der Waals surface area contributed by atoms with Gasteiger partial charge in [-0.25, -0.2) is 0 Å². The van der Waals surface area contributed by atoms with E-state index < -0.39 is 0 Å². The molecule has 62 valence electrons. The molecular formula is C8H6ClNOS. The van der Waals surface area contributed by atoms with E-state index in [4.69, 9.17) is 28.2 Å². The molecule has 0 unspecified atom stereocenters. The van der Waals surface area contributed by atoms with Crippen molar-refractivity contribution in [3.63, 3.8) is 0 Å². The number of fused-ring (bicyclic) bond motifs is 1. The highest BCUT2D eigenvalue weighted by Gasteiger charge is 2.02. The Bertz CT molecular complexity index is 459. The summed E-state index contributed by atoms with van der Waals surface area (Å²) in [5, 5.41) is 0. The zero-order valence-electron chi connectivity index (χ0n) is 6.13. The molecule has 0 aliphatic heterocycles. The molecule has 0 bridgehead atoms. The Labute approximate surface area is 79.2 Å². The second-order valence-electron chi connectivity index (χ2n) is 2.44. The van der Waals surface area contributed by atoms with Crippen LogP contribution in [0.4, 0.5) is 0 Å². The Morgan fingerprint density at radius 2 is 2.33 bits per heavy atom. The van der Waals surface area contributed by atoms with E-state index in [1.54, 1.807) is 0 Å². The number of halogens is 1. The first kappa shape index (κ1) is 7.83. The van der Waals surface area contributed by atoms with Gasteiger partial charge in [0.2, 0.25) is 0 Å². The van der Waals surface area contributed by atoms with Crippen molar-refractivity contribution in [2.75, 3.05) is 0 Å². The predicted molar refractivity (Wildman–Crippen MR) is 51.0 cm³/mol. The van der Waals surface area contributed by atoms with Crippen LogP contribution in [0.15, 0.2) is 22.6 Å². The van der Waals surface area contributed by atoms with Crippen molar-refractivity contribution in [1.82, 2.24) is 4.98 Å². The molecule has 1 N–H and O–H groups in total. The molecule has 0 amide bonds. The number of aromatic nitrogens is 1. The third-order valence-electron chi connectivity index (χ3n) is 1.67. The maximum Gasteiger partial charge on any atom is 0.266 e. The third kappa shape index (κ3) is 1.15. The fraction of sp³-hybridized carbons (Fsp3) is 0.125. The second-order valence-corrected chi connectivity index (χ2v) is 3.08. The Morgan fingerprint density at radius 1 is 1.50 bits per heavy atom. The number of para-hydroxylation sites is 1. The highest BCUT2D eigenvalue weighted by Crippen LogP contribution is 2.19. The zero-order valence-corrected chi connectivity index (χ0v) is 7.71. The first-order valence-electron chi connectivity index (χ1n) is 3.48. The van der Waals surface area contributed by atoms with Crippen molar-refractivity contribution in [2.45, 2.75) is 5.88 Å². The number of alkyl halides is 1. The van der Waals surface area contributed by atoms with E-state index in [0.717, 1.165) is 16.7 Å². The van der Waals surface area contributed by atoms with Crippen LogP contribution < -0.4 is 0 Å². The van der Waals surface area contributed by atoms with Crippen LogP contribution in [0, 0.1) is 4.84 Å². The number of hydrogen-bond acceptors (Lipinski definition) is 2. The van der Waals surface area contributed by atoms with Crippen molar-refractivity contribution < 1.29 is 4.42 Å². The molecule has 0 saturated carbocycles. The Kier molecular flexibility index (Phi) is 1.90. The summed E-state index contributed by atoms with van der Waals surface area (Å²) in [7, 11) is 0. The maximum absolute atomic E-state index is 5.71. The molecule has 2 rings (SSSR count). The lowest BCUT2D eigenvalue weighted by Gasteiger charge is -1.93. The highest BCUT2D eigenvalue weighted by molar-refractivity contribution is 7.71. The number of H-pyrrole nitrogens is 1. The Hall–Kier alpha value is -0.800. The van der Waals surface area contributed by atoms with Crippen molar-refractivity contribution in [1.29, 1.82) is 0 Å². The van der Waals surface area contributed by atoms with Gasteiger partial charge in [-0.3, -0.25) is 0 Å². The molecule has 1 aromatic carbocycles. The van der Waals surface area contributed by atoms with E-state index >= 15 is 0 Å². The fourth-order valence-corrected chi connectivity index (χ4v) is 1.54. The van der Waals surface area contributed by atoms with Crippen molar-refractivity contribution in [3.05, 3.63) is 28.6 Å². The number of benzene rings is 1. The molecule has 0 aliphatic carbocycles. The SMILES string of the molecule is S=c1[nH]c2cccc(CCl)c2o1. The lowest BCUT2D eigenvalue weighted by atomic mass is 10.2. The van der Waals surface area contributed by atoms with Gasteiger partial charge < -0.3 is 9.40 Å². The summed E-state index contributed by atoms with van der Waals surface area (Å²) < 4.78 is 5.26. The highest BCUT2D eigenvalue weighted by atomic mass is 35.5. The molecule has 0 saturated heterocycles. The zero-order chi connectivity index (χ0) is 8.55. The van der Waals surface area contributed by atoms with E-state index in [1.807, 2.05) is 18.2 Å². The quantitative estimate of drug-likeness (QED) is 0.564. The summed E-state index contributed by atoms with van der Waals surface area (Å²) in [6.07, 6.45) is 0. The maximum atomic E-state index is 5.71. The molecule has 2 nitrogen and oxygen atoms in total. The topological polar surface area (TPSA) is 28.9 Å². The van der Waals surface area contributed by atoms with Gasteiger partial charge in [0.15, 0.2) is 5.58 Å². The molecule has 2 aromatic rings. The smallest absolute Gasteiger partial charge is 0.266 e. The minimum Gasteiger partial charge on any atom is -0.429 e. The summed E-state index contributed by atoms with van der Waals surface area (Å²) in [6.45, 7) is 0. The summed E-state index contributed by atoms with van der Waals surface area (Å²) in [6, 6.07) is 5.74. The molecule has 0 fully saturated rings. The molecule has 0 aliphatic rings. The fourth-order valence-electron chi connectivity index (χ4n) is 1.14. The standard InChI is InChI=1S/C8H6ClNOS/c9-4-5-2-1-3-6-7(5)11-8(12)10-6/h1-3H,4H2,(H,10,12). The van der Waals surface area contributed by atoms with Gasteiger partial charge in [0.1, 0.15) is 0 Å². The van der Waals surface area contributed by atoms with E-state index in [-0.39, 0.29) is 0 Å². The van der Waals surface area contributed by atoms with E-state index in [1.165, 1.54) is 0 Å². The third-order valence-corrected chi connectivity index (χ3v) is 2.15. The summed E-state index contributed by atoms with van der Waals surface area (Å²) >= 11 is 10.6. The Morgan fingerprint density at radius 3 is 3.08 bits per heavy atom. The van der Waals surface area contributed by atoms with Crippen LogP contribution >= 0.6 is 23.8 Å². The van der Waals surface area contributed by atoms with Crippen LogP contribution in [-0.4, -0.2) is 4.98 Å². The van der Waals surface area contributed by atoms with Gasteiger partial charge in [-0.05, 0) is 18.3 Å². The molecule has 0 spiro atoms. The second kappa shape index (κ2) is 2.92. The minimum atomic E-state index is 0.391. The van der Waals surface area contributed by atoms with E-state index in [9.17, 15) is 0 Å². The van der Waals surface area contributed by atoms with E-state index in [0.29, 0.717) is 10.7 Å². The minimum absolute atomic E-state index is 0.391. The largest absolute Gasteiger partial charge is 0.429 e. The number of aromatic amines is 1. The average molecular weight is 200 g/mol. The molecule has 0 radical (unpaired) electrons. The van der Waals surface area contributed by atoms with Crippen LogP contribution in [0.5, 0.6) is 0 Å². The number of rotatable bonds is 1. The summed E-state index contributed by atoms with van der Waals surface area (Å²) in [4.78, 5) is 3.31. The van der Waals surface area contributed by atoms with Crippen molar-refractivity contribution in [2.24, 2.45) is 0 Å². The van der Waals surface area contributed by atoms with Gasteiger partial charge in [0.05, 0.1) is 11.4 Å². The molecule has 4 heteroatoms. The normalized spacial score (nSPS) is 10.8. The van der Waals surface area contributed by atoms with Crippen LogP contribution in [0.2, 0.25) is 0 Å². The number of nitrogens with one attached hydrogen (secondary N) is 1. The van der Waals surface area contributed by atoms with E-state index in [2.05, 4.69) is 4.98 Å². The molecule has 12 heavy (non-hydrogen) atoms. The summed E-state index contributed by atoms with van der Waals surface area (Å²) in [5.74, 6) is 0.438. The lowest BCUT2D eigenvalue weighted by molar-refractivity contribution is 0.581. The van der Waals surface area contributed by atoms with Crippen LogP contribution in [0.25, 0.3) is 11.1 Å². The van der Waals surface area contributed by atoms with Crippen LogP contribution in [-0.2, 0) is 5.88 Å². The number of oxazole rings is 1. The van der Waals surface area contributed by atoms with Crippen molar-refractivity contribution in [3.8, 4) is 0 Å². The first-order chi connectivity index (χ1) is 5.81. The lowest BCUT2D eigenvalue weighted by Crippen LogP contribution is -1.77. The summed E-state index contributed by atoms with van der Waals surface area (Å²) in [5.41, 5.74) is 2.62. The van der Waals surface area contributed by atoms with Gasteiger partial charge in [-0.1, -0.05) is 12.1 Å². The Balaban J connectivity index is 2.87. The molecular weight excluding hydrogens is 194 g/mol.